The Kier molecular flexibility index (Phi) is 5.81. The molecule has 2 aromatic heterocycles. The highest BCUT2D eigenvalue weighted by Gasteiger charge is 2.08. The minimum absolute atomic E-state index is 0.560. The first-order chi connectivity index (χ1) is 10.1. The van der Waals surface area contributed by atoms with Gasteiger partial charge >= 0.3 is 0 Å². The van der Waals surface area contributed by atoms with E-state index in [0.29, 0.717) is 6.54 Å². The van der Waals surface area contributed by atoms with Crippen LogP contribution >= 0.6 is 27.3 Å². The summed E-state index contributed by atoms with van der Waals surface area (Å²) in [6.45, 7) is 8.03. The summed E-state index contributed by atoms with van der Waals surface area (Å²) >= 11 is 5.19. The molecule has 0 unspecified atom stereocenters. The third-order valence-corrected chi connectivity index (χ3v) is 4.60. The Morgan fingerprint density at radius 3 is 2.76 bits per heavy atom. The molecule has 0 aliphatic heterocycles. The van der Waals surface area contributed by atoms with Crippen LogP contribution in [0.15, 0.2) is 25.4 Å². The molecule has 0 bridgehead atoms. The van der Waals surface area contributed by atoms with Crippen LogP contribution in [-0.4, -0.2) is 17.7 Å². The number of nitrogens with zero attached hydrogens (tertiary/aromatic N) is 2. The first-order valence-corrected chi connectivity index (χ1v) is 8.39. The van der Waals surface area contributed by atoms with Gasteiger partial charge in [0.25, 0.3) is 0 Å². The number of thiophene rings is 1. The highest BCUT2D eigenvalue weighted by molar-refractivity contribution is 9.11. The molecule has 0 radical (unpaired) electrons. The molecule has 0 amide bonds. The van der Waals surface area contributed by atoms with Crippen molar-refractivity contribution in [3.63, 3.8) is 0 Å². The van der Waals surface area contributed by atoms with Crippen LogP contribution in [0.1, 0.15) is 28.8 Å². The molecule has 0 spiro atoms. The van der Waals surface area contributed by atoms with E-state index < -0.39 is 0 Å². The lowest BCUT2D eigenvalue weighted by molar-refractivity contribution is 0.392. The summed E-state index contributed by atoms with van der Waals surface area (Å²) in [5, 5.41) is 10.5. The number of hydrogen-bond donors (Lipinski definition) is 2. The van der Waals surface area contributed by atoms with Gasteiger partial charge in [0.2, 0.25) is 0 Å². The maximum absolute atomic E-state index is 5.16. The molecule has 0 fully saturated rings. The van der Waals surface area contributed by atoms with Gasteiger partial charge in [-0.1, -0.05) is 5.16 Å². The van der Waals surface area contributed by atoms with Crippen LogP contribution in [0, 0.1) is 13.8 Å². The fourth-order valence-electron chi connectivity index (χ4n) is 1.85. The van der Waals surface area contributed by atoms with E-state index >= 15 is 0 Å². The Balaban J connectivity index is 1.99. The van der Waals surface area contributed by atoms with E-state index in [-0.39, 0.29) is 0 Å². The van der Waals surface area contributed by atoms with Gasteiger partial charge in [-0.2, -0.15) is 0 Å². The van der Waals surface area contributed by atoms with Gasteiger partial charge in [-0.15, -0.1) is 11.3 Å². The lowest BCUT2D eigenvalue weighted by Gasteiger charge is -2.10. The van der Waals surface area contributed by atoms with Crippen LogP contribution in [0.2, 0.25) is 0 Å². The summed E-state index contributed by atoms with van der Waals surface area (Å²) in [5.41, 5.74) is 1.94. The van der Waals surface area contributed by atoms with Gasteiger partial charge in [0, 0.05) is 17.0 Å². The van der Waals surface area contributed by atoms with E-state index in [2.05, 4.69) is 55.8 Å². The van der Waals surface area contributed by atoms with E-state index in [1.807, 2.05) is 13.8 Å². The Labute approximate surface area is 137 Å². The molecule has 2 rings (SSSR count). The monoisotopic (exact) mass is 370 g/mol. The Morgan fingerprint density at radius 2 is 2.19 bits per heavy atom. The fourth-order valence-corrected chi connectivity index (χ4v) is 3.27. The highest BCUT2D eigenvalue weighted by Crippen LogP contribution is 2.21. The van der Waals surface area contributed by atoms with Crippen LogP contribution in [0.4, 0.5) is 0 Å². The van der Waals surface area contributed by atoms with Crippen LogP contribution in [0.3, 0.4) is 0 Å². The van der Waals surface area contributed by atoms with Crippen molar-refractivity contribution in [2.24, 2.45) is 4.99 Å². The van der Waals surface area contributed by atoms with Crippen molar-refractivity contribution < 1.29 is 4.52 Å². The van der Waals surface area contributed by atoms with E-state index in [9.17, 15) is 0 Å². The van der Waals surface area contributed by atoms with Gasteiger partial charge in [0.05, 0.1) is 22.6 Å². The van der Waals surface area contributed by atoms with Gasteiger partial charge in [0.15, 0.2) is 5.96 Å². The van der Waals surface area contributed by atoms with Crippen LogP contribution in [0.25, 0.3) is 0 Å². The largest absolute Gasteiger partial charge is 0.361 e. The number of nitrogens with one attached hydrogen (secondary N) is 2. The minimum Gasteiger partial charge on any atom is -0.361 e. The maximum Gasteiger partial charge on any atom is 0.191 e. The summed E-state index contributed by atoms with van der Waals surface area (Å²) < 4.78 is 6.29. The molecule has 2 aromatic rings. The molecule has 0 saturated heterocycles. The summed E-state index contributed by atoms with van der Waals surface area (Å²) in [7, 11) is 0. The van der Waals surface area contributed by atoms with E-state index in [1.165, 1.54) is 4.88 Å². The Bertz CT molecular complexity index is 601. The molecule has 7 heteroatoms. The van der Waals surface area contributed by atoms with E-state index in [4.69, 9.17) is 4.52 Å². The molecule has 0 aliphatic rings. The van der Waals surface area contributed by atoms with Crippen LogP contribution in [0.5, 0.6) is 0 Å². The van der Waals surface area contributed by atoms with Gasteiger partial charge in [-0.3, -0.25) is 0 Å². The molecule has 0 aromatic carbocycles. The predicted molar refractivity (Wildman–Crippen MR) is 89.7 cm³/mol. The highest BCUT2D eigenvalue weighted by atomic mass is 79.9. The molecular weight excluding hydrogens is 352 g/mol. The van der Waals surface area contributed by atoms with Crippen molar-refractivity contribution in [1.29, 1.82) is 0 Å². The number of aliphatic imine (C=N–C) groups is 1. The van der Waals surface area contributed by atoms with Gasteiger partial charge in [-0.25, -0.2) is 4.99 Å². The zero-order chi connectivity index (χ0) is 15.2. The normalized spacial score (nSPS) is 11.7. The Morgan fingerprint density at radius 1 is 1.38 bits per heavy atom. The van der Waals surface area contributed by atoms with Crippen LogP contribution in [-0.2, 0) is 13.1 Å². The second-order valence-corrected chi connectivity index (χ2v) is 7.10. The van der Waals surface area contributed by atoms with E-state index in [1.54, 1.807) is 11.3 Å². The number of halogens is 1. The first kappa shape index (κ1) is 16.0. The molecule has 0 aliphatic carbocycles. The van der Waals surface area contributed by atoms with Crippen molar-refractivity contribution in [3.05, 3.63) is 37.8 Å². The van der Waals surface area contributed by atoms with Crippen molar-refractivity contribution in [1.82, 2.24) is 15.8 Å². The molecule has 0 atom stereocenters. The van der Waals surface area contributed by atoms with Crippen molar-refractivity contribution >= 4 is 33.2 Å². The Hall–Kier alpha value is -1.34. The third-order valence-electron chi connectivity index (χ3n) is 2.98. The van der Waals surface area contributed by atoms with Crippen molar-refractivity contribution in [2.45, 2.75) is 33.9 Å². The molecule has 21 heavy (non-hydrogen) atoms. The zero-order valence-electron chi connectivity index (χ0n) is 12.4. The summed E-state index contributed by atoms with van der Waals surface area (Å²) in [6, 6.07) is 4.15. The van der Waals surface area contributed by atoms with Crippen molar-refractivity contribution in [2.75, 3.05) is 6.54 Å². The molecule has 114 valence electrons. The fraction of sp³-hybridized carbons (Fsp3) is 0.429. The number of aromatic nitrogens is 1. The lowest BCUT2D eigenvalue weighted by atomic mass is 10.2. The van der Waals surface area contributed by atoms with Gasteiger partial charge < -0.3 is 15.2 Å². The second kappa shape index (κ2) is 7.61. The average Bonchev–Trinajstić information content (AvgIpc) is 3.00. The third kappa shape index (κ3) is 4.57. The lowest BCUT2D eigenvalue weighted by Crippen LogP contribution is -2.36. The molecule has 2 heterocycles. The summed E-state index contributed by atoms with van der Waals surface area (Å²) in [5.74, 6) is 1.62. The number of aryl methyl sites for hydroxylation is 2. The number of guanidine groups is 1. The molecular formula is C14H19BrN4OS. The van der Waals surface area contributed by atoms with E-state index in [0.717, 1.165) is 39.9 Å². The standard InChI is InChI=1S/C14H19BrN4OS/c1-4-16-14(17-7-11-5-6-13(15)21-11)18-8-12-9(2)19-20-10(12)3/h5-6H,4,7-8H2,1-3H3,(H2,16,17,18). The number of rotatable bonds is 5. The second-order valence-electron chi connectivity index (χ2n) is 4.56. The SMILES string of the molecule is CCNC(=NCc1c(C)noc1C)NCc1ccc(Br)s1. The topological polar surface area (TPSA) is 62.5 Å². The molecule has 2 N–H and O–H groups in total. The van der Waals surface area contributed by atoms with Gasteiger partial charge in [0.1, 0.15) is 5.76 Å². The zero-order valence-corrected chi connectivity index (χ0v) is 14.8. The average molecular weight is 371 g/mol. The molecule has 5 nitrogen and oxygen atoms in total. The molecule has 0 saturated carbocycles. The first-order valence-electron chi connectivity index (χ1n) is 6.78. The smallest absolute Gasteiger partial charge is 0.191 e. The van der Waals surface area contributed by atoms with Crippen molar-refractivity contribution in [3.8, 4) is 0 Å². The van der Waals surface area contributed by atoms with Gasteiger partial charge in [-0.05, 0) is 48.8 Å². The maximum atomic E-state index is 5.16. The summed E-state index contributed by atoms with van der Waals surface area (Å²) in [4.78, 5) is 5.84. The quantitative estimate of drug-likeness (QED) is 0.625. The number of hydrogen-bond acceptors (Lipinski definition) is 4. The predicted octanol–water partition coefficient (Wildman–Crippen LogP) is 3.37. The summed E-state index contributed by atoms with van der Waals surface area (Å²) in [6.07, 6.45) is 0. The van der Waals surface area contributed by atoms with Crippen LogP contribution < -0.4 is 10.6 Å². The minimum atomic E-state index is 0.560.